The Morgan fingerprint density at radius 1 is 1.05 bits per heavy atom. The molecule has 2 aromatic carbocycles. The zero-order chi connectivity index (χ0) is 14.1. The minimum atomic E-state index is -1.46. The highest BCUT2D eigenvalue weighted by Gasteiger charge is 2.21. The number of nitrogens with one attached hydrogen (secondary N) is 1. The molecule has 1 heterocycles. The van der Waals surface area contributed by atoms with Gasteiger partial charge in [-0.15, -0.1) is 0 Å². The topological polar surface area (TPSA) is 21.3 Å². The number of halogens is 3. The van der Waals surface area contributed by atoms with Gasteiger partial charge in [0.1, 0.15) is 0 Å². The SMILES string of the molecule is Fc1cc(NC2COCc3ccccc32)cc(F)c1F. The first-order chi connectivity index (χ1) is 9.65. The van der Waals surface area contributed by atoms with Crippen molar-refractivity contribution in [2.75, 3.05) is 11.9 Å². The number of fused-ring (bicyclic) bond motifs is 1. The molecule has 3 rings (SSSR count). The van der Waals surface area contributed by atoms with E-state index < -0.39 is 17.5 Å². The van der Waals surface area contributed by atoms with Crippen LogP contribution in [0.25, 0.3) is 0 Å². The van der Waals surface area contributed by atoms with Gasteiger partial charge in [0.15, 0.2) is 17.5 Å². The van der Waals surface area contributed by atoms with Gasteiger partial charge in [-0.25, -0.2) is 13.2 Å². The van der Waals surface area contributed by atoms with Crippen molar-refractivity contribution in [1.29, 1.82) is 0 Å². The lowest BCUT2D eigenvalue weighted by molar-refractivity contribution is 0.0970. The molecule has 1 atom stereocenters. The zero-order valence-corrected chi connectivity index (χ0v) is 10.5. The highest BCUT2D eigenvalue weighted by Crippen LogP contribution is 2.28. The van der Waals surface area contributed by atoms with Gasteiger partial charge in [-0.05, 0) is 11.1 Å². The first kappa shape index (κ1) is 13.0. The molecule has 20 heavy (non-hydrogen) atoms. The highest BCUT2D eigenvalue weighted by molar-refractivity contribution is 5.48. The number of hydrogen-bond acceptors (Lipinski definition) is 2. The van der Waals surface area contributed by atoms with Gasteiger partial charge < -0.3 is 10.1 Å². The van der Waals surface area contributed by atoms with Crippen molar-refractivity contribution in [3.05, 3.63) is 65.0 Å². The lowest BCUT2D eigenvalue weighted by Gasteiger charge is -2.27. The molecular formula is C15H12F3NO. The fourth-order valence-electron chi connectivity index (χ4n) is 2.34. The molecule has 0 radical (unpaired) electrons. The van der Waals surface area contributed by atoms with Gasteiger partial charge in [0.2, 0.25) is 0 Å². The van der Waals surface area contributed by atoms with E-state index in [0.717, 1.165) is 23.3 Å². The van der Waals surface area contributed by atoms with Gasteiger partial charge in [0, 0.05) is 17.8 Å². The molecule has 5 heteroatoms. The summed E-state index contributed by atoms with van der Waals surface area (Å²) in [6.45, 7) is 0.901. The van der Waals surface area contributed by atoms with Gasteiger partial charge >= 0.3 is 0 Å². The van der Waals surface area contributed by atoms with Crippen molar-refractivity contribution in [3.63, 3.8) is 0 Å². The second-order valence-corrected chi connectivity index (χ2v) is 4.66. The molecule has 2 aromatic rings. The molecule has 0 bridgehead atoms. The number of ether oxygens (including phenoxy) is 1. The van der Waals surface area contributed by atoms with Crippen LogP contribution in [0.5, 0.6) is 0 Å². The van der Waals surface area contributed by atoms with Crippen molar-refractivity contribution >= 4 is 5.69 Å². The number of benzene rings is 2. The molecule has 104 valence electrons. The molecule has 0 fully saturated rings. The van der Waals surface area contributed by atoms with Gasteiger partial charge in [-0.1, -0.05) is 24.3 Å². The van der Waals surface area contributed by atoms with Crippen LogP contribution in [0.4, 0.5) is 18.9 Å². The average molecular weight is 279 g/mol. The fraction of sp³-hybridized carbons (Fsp3) is 0.200. The summed E-state index contributed by atoms with van der Waals surface area (Å²) in [4.78, 5) is 0. The van der Waals surface area contributed by atoms with Crippen LogP contribution >= 0.6 is 0 Å². The summed E-state index contributed by atoms with van der Waals surface area (Å²) < 4.78 is 44.8. The molecule has 2 nitrogen and oxygen atoms in total. The van der Waals surface area contributed by atoms with Gasteiger partial charge in [-0.2, -0.15) is 0 Å². The Balaban J connectivity index is 1.89. The van der Waals surface area contributed by atoms with Crippen LogP contribution in [-0.4, -0.2) is 6.61 Å². The third-order valence-electron chi connectivity index (χ3n) is 3.30. The maximum atomic E-state index is 13.2. The Morgan fingerprint density at radius 2 is 1.75 bits per heavy atom. The first-order valence-corrected chi connectivity index (χ1v) is 6.22. The lowest BCUT2D eigenvalue weighted by Crippen LogP contribution is -2.23. The third-order valence-corrected chi connectivity index (χ3v) is 3.30. The molecule has 0 aromatic heterocycles. The Bertz CT molecular complexity index is 622. The molecule has 0 saturated carbocycles. The Kier molecular flexibility index (Phi) is 3.36. The van der Waals surface area contributed by atoms with Crippen LogP contribution in [0.15, 0.2) is 36.4 Å². The summed E-state index contributed by atoms with van der Waals surface area (Å²) in [6, 6.07) is 9.34. The van der Waals surface area contributed by atoms with E-state index in [-0.39, 0.29) is 11.7 Å². The monoisotopic (exact) mass is 279 g/mol. The van der Waals surface area contributed by atoms with E-state index in [1.807, 2.05) is 24.3 Å². The zero-order valence-electron chi connectivity index (χ0n) is 10.5. The summed E-state index contributed by atoms with van der Waals surface area (Å²) in [5, 5.41) is 2.97. The standard InChI is InChI=1S/C15H12F3NO/c16-12-5-10(6-13(17)15(12)18)19-14-8-20-7-9-3-1-2-4-11(9)14/h1-6,14,19H,7-8H2. The van der Waals surface area contributed by atoms with Crippen molar-refractivity contribution in [2.24, 2.45) is 0 Å². The molecular weight excluding hydrogens is 267 g/mol. The molecule has 0 aliphatic carbocycles. The smallest absolute Gasteiger partial charge is 0.194 e. The molecule has 1 N–H and O–H groups in total. The normalized spacial score (nSPS) is 17.6. The summed E-state index contributed by atoms with van der Waals surface area (Å²) >= 11 is 0. The predicted octanol–water partition coefficient (Wildman–Crippen LogP) is 3.79. The van der Waals surface area contributed by atoms with Crippen LogP contribution in [0.3, 0.4) is 0 Å². The van der Waals surface area contributed by atoms with Crippen LogP contribution < -0.4 is 5.32 Å². The fourth-order valence-corrected chi connectivity index (χ4v) is 2.34. The molecule has 1 aliphatic rings. The second kappa shape index (κ2) is 5.17. The van der Waals surface area contributed by atoms with Gasteiger partial charge in [-0.3, -0.25) is 0 Å². The van der Waals surface area contributed by atoms with Gasteiger partial charge in [0.05, 0.1) is 19.3 Å². The number of rotatable bonds is 2. The maximum absolute atomic E-state index is 13.2. The van der Waals surface area contributed by atoms with Gasteiger partial charge in [0.25, 0.3) is 0 Å². The van der Waals surface area contributed by atoms with Crippen LogP contribution in [0, 0.1) is 17.5 Å². The van der Waals surface area contributed by atoms with Crippen LogP contribution in [-0.2, 0) is 11.3 Å². The molecule has 0 amide bonds. The van der Waals surface area contributed by atoms with E-state index in [9.17, 15) is 13.2 Å². The lowest BCUT2D eigenvalue weighted by atomic mass is 9.99. The summed E-state index contributed by atoms with van der Waals surface area (Å²) in [7, 11) is 0. The van der Waals surface area contributed by atoms with Crippen molar-refractivity contribution in [3.8, 4) is 0 Å². The summed E-state index contributed by atoms with van der Waals surface area (Å²) in [6.07, 6.45) is 0. The first-order valence-electron chi connectivity index (χ1n) is 6.22. The third kappa shape index (κ3) is 2.36. The van der Waals surface area contributed by atoms with E-state index >= 15 is 0 Å². The molecule has 1 aliphatic heterocycles. The summed E-state index contributed by atoms with van der Waals surface area (Å²) in [5.74, 6) is -3.88. The second-order valence-electron chi connectivity index (χ2n) is 4.66. The Morgan fingerprint density at radius 3 is 2.50 bits per heavy atom. The number of anilines is 1. The number of hydrogen-bond donors (Lipinski definition) is 1. The maximum Gasteiger partial charge on any atom is 0.194 e. The van der Waals surface area contributed by atoms with Crippen molar-refractivity contribution in [2.45, 2.75) is 12.6 Å². The minimum absolute atomic E-state index is 0.187. The highest BCUT2D eigenvalue weighted by atomic mass is 19.2. The van der Waals surface area contributed by atoms with E-state index in [1.54, 1.807) is 0 Å². The molecule has 0 spiro atoms. The predicted molar refractivity (Wildman–Crippen MR) is 68.8 cm³/mol. The quantitative estimate of drug-likeness (QED) is 0.844. The Labute approximate surface area is 114 Å². The molecule has 0 saturated heterocycles. The average Bonchev–Trinajstić information content (AvgIpc) is 2.45. The summed E-state index contributed by atoms with van der Waals surface area (Å²) in [5.41, 5.74) is 2.23. The largest absolute Gasteiger partial charge is 0.376 e. The van der Waals surface area contributed by atoms with Crippen molar-refractivity contribution in [1.82, 2.24) is 0 Å². The van der Waals surface area contributed by atoms with Crippen LogP contribution in [0.2, 0.25) is 0 Å². The van der Waals surface area contributed by atoms with E-state index in [0.29, 0.717) is 13.2 Å². The van der Waals surface area contributed by atoms with E-state index in [2.05, 4.69) is 5.32 Å². The van der Waals surface area contributed by atoms with E-state index in [1.165, 1.54) is 0 Å². The Hall–Kier alpha value is -2.01. The minimum Gasteiger partial charge on any atom is -0.376 e. The molecule has 1 unspecified atom stereocenters. The van der Waals surface area contributed by atoms with E-state index in [4.69, 9.17) is 4.74 Å². The van der Waals surface area contributed by atoms with Crippen molar-refractivity contribution < 1.29 is 17.9 Å². The van der Waals surface area contributed by atoms with Crippen LogP contribution in [0.1, 0.15) is 17.2 Å².